The van der Waals surface area contributed by atoms with E-state index in [2.05, 4.69) is 18.8 Å². The molecule has 0 amide bonds. The van der Waals surface area contributed by atoms with Crippen molar-refractivity contribution in [1.82, 2.24) is 0 Å². The Bertz CT molecular complexity index is 112. The van der Waals surface area contributed by atoms with E-state index in [1.807, 2.05) is 6.21 Å². The van der Waals surface area contributed by atoms with Gasteiger partial charge in [0.15, 0.2) is 0 Å². The van der Waals surface area contributed by atoms with Crippen molar-refractivity contribution in [2.75, 3.05) is 13.7 Å². The fourth-order valence-corrected chi connectivity index (χ4v) is 1.15. The first-order chi connectivity index (χ1) is 5.26. The van der Waals surface area contributed by atoms with E-state index >= 15 is 0 Å². The van der Waals surface area contributed by atoms with Gasteiger partial charge in [-0.15, -0.1) is 0 Å². The molecule has 0 heterocycles. The summed E-state index contributed by atoms with van der Waals surface area (Å²) in [5.74, 6) is 1.08. The van der Waals surface area contributed by atoms with Crippen LogP contribution < -0.4 is 0 Å². The third-order valence-electron chi connectivity index (χ3n) is 2.18. The van der Waals surface area contributed by atoms with Crippen molar-refractivity contribution in [3.63, 3.8) is 0 Å². The minimum absolute atomic E-state index is 0.265. The molecule has 0 radical (unpaired) electrons. The number of rotatable bonds is 5. The molecule has 0 aliphatic rings. The molecule has 0 aromatic rings. The van der Waals surface area contributed by atoms with Crippen molar-refractivity contribution < 1.29 is 5.11 Å². The smallest absolute Gasteiger partial charge is 0.0437 e. The molecule has 2 unspecified atom stereocenters. The highest BCUT2D eigenvalue weighted by Gasteiger charge is 2.11. The molecule has 0 aromatic heterocycles. The maximum Gasteiger partial charge on any atom is 0.0437 e. The van der Waals surface area contributed by atoms with Crippen LogP contribution in [0.2, 0.25) is 0 Å². The van der Waals surface area contributed by atoms with E-state index in [0.717, 1.165) is 12.8 Å². The Morgan fingerprint density at radius 2 is 2.18 bits per heavy atom. The third kappa shape index (κ3) is 4.14. The lowest BCUT2D eigenvalue weighted by Gasteiger charge is -2.16. The minimum atomic E-state index is 0.265. The fraction of sp³-hybridized carbons (Fsp3) is 0.889. The summed E-state index contributed by atoms with van der Waals surface area (Å²) >= 11 is 0. The molecule has 2 nitrogen and oxygen atoms in total. The maximum absolute atomic E-state index is 8.75. The first-order valence-corrected chi connectivity index (χ1v) is 4.29. The molecule has 0 aliphatic heterocycles. The van der Waals surface area contributed by atoms with Crippen molar-refractivity contribution in [2.24, 2.45) is 16.8 Å². The quantitative estimate of drug-likeness (QED) is 0.606. The summed E-state index contributed by atoms with van der Waals surface area (Å²) in [5, 5.41) is 8.75. The van der Waals surface area contributed by atoms with Crippen LogP contribution in [0, 0.1) is 11.8 Å². The fourth-order valence-electron chi connectivity index (χ4n) is 1.15. The van der Waals surface area contributed by atoms with E-state index in [1.54, 1.807) is 7.05 Å². The van der Waals surface area contributed by atoms with Crippen molar-refractivity contribution in [3.8, 4) is 0 Å². The van der Waals surface area contributed by atoms with E-state index in [0.29, 0.717) is 11.8 Å². The molecule has 0 spiro atoms. The van der Waals surface area contributed by atoms with Crippen LogP contribution >= 0.6 is 0 Å². The molecule has 11 heavy (non-hydrogen) atoms. The lowest BCUT2D eigenvalue weighted by atomic mass is 9.90. The van der Waals surface area contributed by atoms with Crippen LogP contribution in [0.3, 0.4) is 0 Å². The van der Waals surface area contributed by atoms with Gasteiger partial charge in [0, 0.05) is 19.9 Å². The normalized spacial score (nSPS) is 17.1. The molecule has 0 saturated carbocycles. The molecule has 66 valence electrons. The van der Waals surface area contributed by atoms with Crippen molar-refractivity contribution in [3.05, 3.63) is 0 Å². The van der Waals surface area contributed by atoms with E-state index < -0.39 is 0 Å². The van der Waals surface area contributed by atoms with Gasteiger partial charge in [0.05, 0.1) is 0 Å². The second-order valence-corrected chi connectivity index (χ2v) is 2.97. The summed E-state index contributed by atoms with van der Waals surface area (Å²) in [5.41, 5.74) is 0. The van der Waals surface area contributed by atoms with E-state index in [1.165, 1.54) is 0 Å². The van der Waals surface area contributed by atoms with Gasteiger partial charge >= 0.3 is 0 Å². The molecule has 0 aliphatic carbocycles. The van der Waals surface area contributed by atoms with Gasteiger partial charge in [0.1, 0.15) is 0 Å². The predicted octanol–water partition coefficient (Wildman–Crippen LogP) is 1.73. The van der Waals surface area contributed by atoms with Crippen LogP contribution in [0.15, 0.2) is 4.99 Å². The summed E-state index contributed by atoms with van der Waals surface area (Å²) in [4.78, 5) is 3.99. The zero-order valence-corrected chi connectivity index (χ0v) is 7.75. The highest BCUT2D eigenvalue weighted by atomic mass is 16.3. The average Bonchev–Trinajstić information content (AvgIpc) is 2.03. The van der Waals surface area contributed by atoms with Crippen LogP contribution in [-0.4, -0.2) is 25.0 Å². The first kappa shape index (κ1) is 10.6. The van der Waals surface area contributed by atoms with Gasteiger partial charge in [-0.05, 0) is 18.3 Å². The second-order valence-electron chi connectivity index (χ2n) is 2.97. The van der Waals surface area contributed by atoms with Crippen LogP contribution in [0.5, 0.6) is 0 Å². The number of aliphatic imine (C=N–C) groups is 1. The highest BCUT2D eigenvalue weighted by Crippen LogP contribution is 2.16. The molecular formula is C9H19NO. The van der Waals surface area contributed by atoms with Crippen LogP contribution in [-0.2, 0) is 0 Å². The van der Waals surface area contributed by atoms with Crippen molar-refractivity contribution >= 4 is 6.21 Å². The highest BCUT2D eigenvalue weighted by molar-refractivity contribution is 5.60. The summed E-state index contributed by atoms with van der Waals surface area (Å²) in [7, 11) is 1.78. The lowest BCUT2D eigenvalue weighted by Crippen LogP contribution is -2.14. The van der Waals surface area contributed by atoms with E-state index in [9.17, 15) is 0 Å². The molecule has 2 atom stereocenters. The molecule has 2 heteroatoms. The van der Waals surface area contributed by atoms with Gasteiger partial charge in [-0.3, -0.25) is 0 Å². The Balaban J connectivity index is 3.86. The summed E-state index contributed by atoms with van der Waals surface area (Å²) in [6.45, 7) is 4.63. The maximum atomic E-state index is 8.75. The Morgan fingerprint density at radius 3 is 2.55 bits per heavy atom. The van der Waals surface area contributed by atoms with Gasteiger partial charge in [-0.1, -0.05) is 20.3 Å². The number of hydrogen-bond acceptors (Lipinski definition) is 2. The Labute approximate surface area is 69.3 Å². The van der Waals surface area contributed by atoms with Gasteiger partial charge < -0.3 is 10.1 Å². The van der Waals surface area contributed by atoms with Gasteiger partial charge in [-0.2, -0.15) is 0 Å². The molecule has 0 rings (SSSR count). The average molecular weight is 157 g/mol. The molecule has 0 saturated heterocycles. The van der Waals surface area contributed by atoms with Crippen LogP contribution in [0.4, 0.5) is 0 Å². The Morgan fingerprint density at radius 1 is 1.55 bits per heavy atom. The molecule has 0 aromatic carbocycles. The Hall–Kier alpha value is -0.370. The first-order valence-electron chi connectivity index (χ1n) is 4.29. The van der Waals surface area contributed by atoms with Gasteiger partial charge in [0.25, 0.3) is 0 Å². The summed E-state index contributed by atoms with van der Waals surface area (Å²) in [6.07, 6.45) is 3.94. The third-order valence-corrected chi connectivity index (χ3v) is 2.18. The summed E-state index contributed by atoms with van der Waals surface area (Å²) in [6, 6.07) is 0. The number of nitrogens with zero attached hydrogens (tertiary/aromatic N) is 1. The second kappa shape index (κ2) is 6.35. The van der Waals surface area contributed by atoms with Gasteiger partial charge in [-0.25, -0.2) is 0 Å². The largest absolute Gasteiger partial charge is 0.396 e. The zero-order valence-electron chi connectivity index (χ0n) is 7.75. The van der Waals surface area contributed by atoms with E-state index in [4.69, 9.17) is 5.11 Å². The SMILES string of the molecule is CCC(C)C(C=NC)CCO. The molecule has 0 bridgehead atoms. The number of aliphatic hydroxyl groups excluding tert-OH is 1. The van der Waals surface area contributed by atoms with Crippen molar-refractivity contribution in [1.29, 1.82) is 0 Å². The number of aliphatic hydroxyl groups is 1. The summed E-state index contributed by atoms with van der Waals surface area (Å²) < 4.78 is 0. The monoisotopic (exact) mass is 157 g/mol. The predicted molar refractivity (Wildman–Crippen MR) is 49.1 cm³/mol. The minimum Gasteiger partial charge on any atom is -0.396 e. The van der Waals surface area contributed by atoms with Gasteiger partial charge in [0.2, 0.25) is 0 Å². The van der Waals surface area contributed by atoms with Crippen molar-refractivity contribution in [2.45, 2.75) is 26.7 Å². The Kier molecular flexibility index (Phi) is 6.13. The standard InChI is InChI=1S/C9H19NO/c1-4-8(2)9(5-6-11)7-10-3/h7-9,11H,4-6H2,1-3H3. The van der Waals surface area contributed by atoms with E-state index in [-0.39, 0.29) is 6.61 Å². The van der Waals surface area contributed by atoms with Crippen LogP contribution in [0.25, 0.3) is 0 Å². The topological polar surface area (TPSA) is 32.6 Å². The zero-order chi connectivity index (χ0) is 8.69. The number of hydrogen-bond donors (Lipinski definition) is 1. The lowest BCUT2D eigenvalue weighted by molar-refractivity contribution is 0.255. The molecular weight excluding hydrogens is 138 g/mol. The molecule has 0 fully saturated rings. The molecule has 1 N–H and O–H groups in total. The van der Waals surface area contributed by atoms with Crippen LogP contribution in [0.1, 0.15) is 26.7 Å².